The molecule has 17 heavy (non-hydrogen) atoms. The largest absolute Gasteiger partial charge is 0.399 e. The van der Waals surface area contributed by atoms with Crippen LogP contribution in [0.3, 0.4) is 0 Å². The zero-order valence-corrected chi connectivity index (χ0v) is 9.51. The first-order valence-corrected chi connectivity index (χ1v) is 5.54. The molecule has 0 aromatic heterocycles. The molecule has 3 heteroatoms. The maximum absolute atomic E-state index is 9.59. The molecule has 1 atom stereocenters. The van der Waals surface area contributed by atoms with Gasteiger partial charge in [-0.1, -0.05) is 36.4 Å². The zero-order chi connectivity index (χ0) is 12.3. The van der Waals surface area contributed by atoms with Crippen molar-refractivity contribution in [2.45, 2.75) is 6.10 Å². The van der Waals surface area contributed by atoms with E-state index in [1.807, 2.05) is 48.5 Å². The quantitative estimate of drug-likeness (QED) is 0.703. The number of nitrogen functional groups attached to an aromatic ring is 1. The van der Waals surface area contributed by atoms with Gasteiger partial charge in [0.25, 0.3) is 0 Å². The van der Waals surface area contributed by atoms with Gasteiger partial charge in [-0.25, -0.2) is 0 Å². The minimum atomic E-state index is -0.588. The molecule has 0 saturated carbocycles. The summed E-state index contributed by atoms with van der Waals surface area (Å²) in [6.45, 7) is 0.237. The van der Waals surface area contributed by atoms with E-state index in [0.29, 0.717) is 0 Å². The summed E-state index contributed by atoms with van der Waals surface area (Å²) in [6.07, 6.45) is -0.588. The Balaban J connectivity index is 2.26. The summed E-state index contributed by atoms with van der Waals surface area (Å²) >= 11 is 0. The molecule has 2 aromatic rings. The van der Waals surface area contributed by atoms with Crippen molar-refractivity contribution in [3.63, 3.8) is 0 Å². The van der Waals surface area contributed by atoms with Gasteiger partial charge < -0.3 is 16.6 Å². The molecule has 0 aliphatic rings. The summed E-state index contributed by atoms with van der Waals surface area (Å²) in [6, 6.07) is 15.4. The third kappa shape index (κ3) is 2.64. The minimum Gasteiger partial charge on any atom is -0.399 e. The first-order chi connectivity index (χ1) is 8.20. The highest BCUT2D eigenvalue weighted by molar-refractivity contribution is 5.65. The van der Waals surface area contributed by atoms with Crippen LogP contribution in [0.25, 0.3) is 11.1 Å². The molecule has 0 heterocycles. The molecule has 88 valence electrons. The van der Waals surface area contributed by atoms with Crippen LogP contribution >= 0.6 is 0 Å². The molecule has 0 radical (unpaired) electrons. The topological polar surface area (TPSA) is 72.3 Å². The summed E-state index contributed by atoms with van der Waals surface area (Å²) < 4.78 is 0. The van der Waals surface area contributed by atoms with Crippen molar-refractivity contribution < 1.29 is 5.11 Å². The standard InChI is InChI=1S/C14H16N2O/c15-9-14(17)12-3-1-10(2-4-12)11-5-7-13(16)8-6-11/h1-8,14,17H,9,15-16H2. The molecule has 0 aliphatic carbocycles. The highest BCUT2D eigenvalue weighted by Crippen LogP contribution is 2.22. The first kappa shape index (κ1) is 11.6. The SMILES string of the molecule is NCC(O)c1ccc(-c2ccc(N)cc2)cc1. The molecule has 2 rings (SSSR count). The van der Waals surface area contributed by atoms with E-state index >= 15 is 0 Å². The van der Waals surface area contributed by atoms with E-state index in [9.17, 15) is 5.11 Å². The van der Waals surface area contributed by atoms with Crippen LogP contribution in [-0.2, 0) is 0 Å². The van der Waals surface area contributed by atoms with E-state index < -0.39 is 6.10 Å². The van der Waals surface area contributed by atoms with Gasteiger partial charge in [0, 0.05) is 12.2 Å². The van der Waals surface area contributed by atoms with E-state index in [0.717, 1.165) is 22.4 Å². The number of anilines is 1. The Morgan fingerprint density at radius 1 is 0.882 bits per heavy atom. The van der Waals surface area contributed by atoms with Gasteiger partial charge in [-0.15, -0.1) is 0 Å². The number of benzene rings is 2. The molecule has 0 fully saturated rings. The molecule has 0 saturated heterocycles. The summed E-state index contributed by atoms with van der Waals surface area (Å²) in [4.78, 5) is 0. The van der Waals surface area contributed by atoms with Crippen molar-refractivity contribution in [3.8, 4) is 11.1 Å². The maximum Gasteiger partial charge on any atom is 0.0912 e. The van der Waals surface area contributed by atoms with Crippen LogP contribution < -0.4 is 11.5 Å². The normalized spacial score (nSPS) is 12.4. The highest BCUT2D eigenvalue weighted by atomic mass is 16.3. The van der Waals surface area contributed by atoms with Gasteiger partial charge in [-0.05, 0) is 28.8 Å². The molecule has 5 N–H and O–H groups in total. The van der Waals surface area contributed by atoms with Gasteiger partial charge in [-0.3, -0.25) is 0 Å². The Morgan fingerprint density at radius 2 is 1.35 bits per heavy atom. The lowest BCUT2D eigenvalue weighted by molar-refractivity contribution is 0.187. The number of rotatable bonds is 3. The number of aliphatic hydroxyl groups is 1. The molecule has 0 bridgehead atoms. The average Bonchev–Trinajstić information content (AvgIpc) is 2.39. The van der Waals surface area contributed by atoms with Crippen molar-refractivity contribution in [1.29, 1.82) is 0 Å². The van der Waals surface area contributed by atoms with Crippen LogP contribution in [-0.4, -0.2) is 11.7 Å². The number of nitrogens with two attached hydrogens (primary N) is 2. The monoisotopic (exact) mass is 228 g/mol. The van der Waals surface area contributed by atoms with E-state index in [1.54, 1.807) is 0 Å². The summed E-state index contributed by atoms with van der Waals surface area (Å²) in [7, 11) is 0. The van der Waals surface area contributed by atoms with Gasteiger partial charge >= 0.3 is 0 Å². The number of hydrogen-bond acceptors (Lipinski definition) is 3. The van der Waals surface area contributed by atoms with Crippen LogP contribution in [0.1, 0.15) is 11.7 Å². The highest BCUT2D eigenvalue weighted by Gasteiger charge is 2.04. The fourth-order valence-electron chi connectivity index (χ4n) is 1.71. The lowest BCUT2D eigenvalue weighted by Crippen LogP contribution is -2.11. The third-order valence-corrected chi connectivity index (χ3v) is 2.76. The van der Waals surface area contributed by atoms with Crippen LogP contribution in [0.4, 0.5) is 5.69 Å². The second-order valence-corrected chi connectivity index (χ2v) is 4.00. The lowest BCUT2D eigenvalue weighted by Gasteiger charge is -2.09. The predicted octanol–water partition coefficient (Wildman–Crippen LogP) is 1.93. The molecule has 1 unspecified atom stereocenters. The molecule has 3 nitrogen and oxygen atoms in total. The van der Waals surface area contributed by atoms with Gasteiger partial charge in [0.15, 0.2) is 0 Å². The molecule has 0 amide bonds. The molecule has 0 aliphatic heterocycles. The zero-order valence-electron chi connectivity index (χ0n) is 9.51. The van der Waals surface area contributed by atoms with Gasteiger partial charge in [-0.2, -0.15) is 0 Å². The van der Waals surface area contributed by atoms with E-state index in [2.05, 4.69) is 0 Å². The number of aliphatic hydroxyl groups excluding tert-OH is 1. The summed E-state index contributed by atoms with van der Waals surface area (Å²) in [5.74, 6) is 0. The summed E-state index contributed by atoms with van der Waals surface area (Å²) in [5, 5.41) is 9.59. The fourth-order valence-corrected chi connectivity index (χ4v) is 1.71. The second kappa shape index (κ2) is 4.99. The Kier molecular flexibility index (Phi) is 3.42. The Hall–Kier alpha value is -1.84. The summed E-state index contributed by atoms with van der Waals surface area (Å²) in [5.41, 5.74) is 14.8. The molecule has 2 aromatic carbocycles. The van der Waals surface area contributed by atoms with Crippen molar-refractivity contribution >= 4 is 5.69 Å². The minimum absolute atomic E-state index is 0.237. The van der Waals surface area contributed by atoms with Crippen molar-refractivity contribution in [2.24, 2.45) is 5.73 Å². The lowest BCUT2D eigenvalue weighted by atomic mass is 10.0. The van der Waals surface area contributed by atoms with Crippen LogP contribution in [0.2, 0.25) is 0 Å². The van der Waals surface area contributed by atoms with Crippen molar-refractivity contribution in [1.82, 2.24) is 0 Å². The van der Waals surface area contributed by atoms with Gasteiger partial charge in [0.1, 0.15) is 0 Å². The van der Waals surface area contributed by atoms with E-state index in [1.165, 1.54) is 0 Å². The smallest absolute Gasteiger partial charge is 0.0912 e. The van der Waals surface area contributed by atoms with E-state index in [-0.39, 0.29) is 6.54 Å². The second-order valence-electron chi connectivity index (χ2n) is 4.00. The molecular formula is C14H16N2O. The Morgan fingerprint density at radius 3 is 1.82 bits per heavy atom. The van der Waals surface area contributed by atoms with Crippen LogP contribution in [0, 0.1) is 0 Å². The number of hydrogen-bond donors (Lipinski definition) is 3. The van der Waals surface area contributed by atoms with Crippen molar-refractivity contribution in [2.75, 3.05) is 12.3 Å². The fraction of sp³-hybridized carbons (Fsp3) is 0.143. The molecule has 0 spiro atoms. The van der Waals surface area contributed by atoms with Gasteiger partial charge in [0.05, 0.1) is 6.10 Å². The Labute approximate surface area is 101 Å². The third-order valence-electron chi connectivity index (χ3n) is 2.76. The van der Waals surface area contributed by atoms with E-state index in [4.69, 9.17) is 11.5 Å². The van der Waals surface area contributed by atoms with Crippen LogP contribution in [0.15, 0.2) is 48.5 Å². The first-order valence-electron chi connectivity index (χ1n) is 5.54. The Bertz CT molecular complexity index is 477. The molecular weight excluding hydrogens is 212 g/mol. The predicted molar refractivity (Wildman–Crippen MR) is 70.3 cm³/mol. The average molecular weight is 228 g/mol. The van der Waals surface area contributed by atoms with Crippen LogP contribution in [0.5, 0.6) is 0 Å². The van der Waals surface area contributed by atoms with Gasteiger partial charge in [0.2, 0.25) is 0 Å². The maximum atomic E-state index is 9.59. The van der Waals surface area contributed by atoms with Crippen molar-refractivity contribution in [3.05, 3.63) is 54.1 Å².